The van der Waals surface area contributed by atoms with E-state index in [9.17, 15) is 0 Å². The first-order valence-corrected chi connectivity index (χ1v) is 6.32. The summed E-state index contributed by atoms with van der Waals surface area (Å²) in [6.45, 7) is 2.23. The predicted octanol–water partition coefficient (Wildman–Crippen LogP) is 3.91. The van der Waals surface area contributed by atoms with Gasteiger partial charge in [0.15, 0.2) is 0 Å². The number of alkyl halides is 1. The van der Waals surface area contributed by atoms with E-state index in [-0.39, 0.29) is 0 Å². The zero-order chi connectivity index (χ0) is 8.97. The van der Waals surface area contributed by atoms with Crippen LogP contribution < -0.4 is 0 Å². The second-order valence-corrected chi connectivity index (χ2v) is 4.36. The van der Waals surface area contributed by atoms with Gasteiger partial charge in [-0.05, 0) is 29.9 Å². The lowest BCUT2D eigenvalue weighted by Gasteiger charge is -2.07. The quantitative estimate of drug-likeness (QED) is 0.574. The smallest absolute Gasteiger partial charge is 0.00975 e. The van der Waals surface area contributed by atoms with E-state index in [0.717, 1.165) is 5.33 Å². The summed E-state index contributed by atoms with van der Waals surface area (Å²) in [5.41, 5.74) is 1.41. The minimum absolute atomic E-state index is 0.612. The third-order valence-electron chi connectivity index (χ3n) is 1.92. The number of thioether (sulfide) groups is 1. The minimum atomic E-state index is 0.612. The highest BCUT2D eigenvalue weighted by Gasteiger charge is 2.02. The zero-order valence-corrected chi connectivity index (χ0v) is 9.78. The summed E-state index contributed by atoms with van der Waals surface area (Å²) in [5, 5.41) is 1.03. The molecule has 0 saturated heterocycles. The Morgan fingerprint density at radius 3 is 2.33 bits per heavy atom. The van der Waals surface area contributed by atoms with Crippen LogP contribution in [0.1, 0.15) is 18.4 Å². The van der Waals surface area contributed by atoms with Crippen molar-refractivity contribution in [1.82, 2.24) is 0 Å². The van der Waals surface area contributed by atoms with E-state index in [1.54, 1.807) is 11.8 Å². The van der Waals surface area contributed by atoms with Crippen LogP contribution in [-0.4, -0.2) is 11.6 Å². The molecule has 0 N–H and O–H groups in total. The summed E-state index contributed by atoms with van der Waals surface area (Å²) in [6, 6.07) is 8.77. The summed E-state index contributed by atoms with van der Waals surface area (Å²) in [7, 11) is 0. The van der Waals surface area contributed by atoms with E-state index in [2.05, 4.69) is 53.4 Å². The van der Waals surface area contributed by atoms with Crippen molar-refractivity contribution < 1.29 is 0 Å². The highest BCUT2D eigenvalue weighted by atomic mass is 79.9. The van der Waals surface area contributed by atoms with Crippen LogP contribution in [-0.2, 0) is 0 Å². The van der Waals surface area contributed by atoms with Crippen molar-refractivity contribution in [2.75, 3.05) is 11.6 Å². The third kappa shape index (κ3) is 2.53. The summed E-state index contributed by atoms with van der Waals surface area (Å²) in [4.78, 5) is 1.33. The lowest BCUT2D eigenvalue weighted by molar-refractivity contribution is 0.886. The molecule has 0 radical (unpaired) electrons. The standard InChI is InChI=1S/C10H13BrS/c1-8(7-11)9-3-5-10(12-2)6-4-9/h3-6,8H,7H2,1-2H3. The molecule has 1 aromatic carbocycles. The highest BCUT2D eigenvalue weighted by molar-refractivity contribution is 9.09. The molecule has 0 bridgehead atoms. The molecule has 1 atom stereocenters. The van der Waals surface area contributed by atoms with Gasteiger partial charge >= 0.3 is 0 Å². The lowest BCUT2D eigenvalue weighted by Crippen LogP contribution is -1.93. The zero-order valence-electron chi connectivity index (χ0n) is 7.38. The Hall–Kier alpha value is 0.0500. The molecular formula is C10H13BrS. The summed E-state index contributed by atoms with van der Waals surface area (Å²) in [5.74, 6) is 0.612. The molecule has 0 fully saturated rings. The second kappa shape index (κ2) is 4.93. The van der Waals surface area contributed by atoms with Gasteiger partial charge in [-0.1, -0.05) is 35.0 Å². The van der Waals surface area contributed by atoms with Crippen LogP contribution in [0.25, 0.3) is 0 Å². The molecule has 0 saturated carbocycles. The van der Waals surface area contributed by atoms with Crippen molar-refractivity contribution in [3.8, 4) is 0 Å². The van der Waals surface area contributed by atoms with Crippen LogP contribution in [0.4, 0.5) is 0 Å². The van der Waals surface area contributed by atoms with E-state index in [1.807, 2.05) is 0 Å². The van der Waals surface area contributed by atoms with Gasteiger partial charge in [0.2, 0.25) is 0 Å². The average Bonchev–Trinajstić information content (AvgIpc) is 2.17. The molecule has 0 aliphatic rings. The molecule has 66 valence electrons. The van der Waals surface area contributed by atoms with E-state index in [0.29, 0.717) is 5.92 Å². The second-order valence-electron chi connectivity index (χ2n) is 2.83. The Bertz CT molecular complexity index is 230. The SMILES string of the molecule is CSc1ccc(C(C)CBr)cc1. The first-order valence-electron chi connectivity index (χ1n) is 3.98. The van der Waals surface area contributed by atoms with Crippen LogP contribution >= 0.6 is 27.7 Å². The summed E-state index contributed by atoms with van der Waals surface area (Å²) in [6.07, 6.45) is 2.10. The third-order valence-corrected chi connectivity index (χ3v) is 3.63. The van der Waals surface area contributed by atoms with Crippen LogP contribution in [0.15, 0.2) is 29.2 Å². The van der Waals surface area contributed by atoms with Crippen LogP contribution in [0.5, 0.6) is 0 Å². The van der Waals surface area contributed by atoms with Crippen molar-refractivity contribution in [3.05, 3.63) is 29.8 Å². The maximum Gasteiger partial charge on any atom is 0.00975 e. The van der Waals surface area contributed by atoms with E-state index in [4.69, 9.17) is 0 Å². The molecule has 0 heterocycles. The summed E-state index contributed by atoms with van der Waals surface area (Å²) < 4.78 is 0. The van der Waals surface area contributed by atoms with Crippen molar-refractivity contribution in [3.63, 3.8) is 0 Å². The van der Waals surface area contributed by atoms with Gasteiger partial charge in [0.1, 0.15) is 0 Å². The molecule has 1 rings (SSSR count). The van der Waals surface area contributed by atoms with Gasteiger partial charge in [-0.15, -0.1) is 11.8 Å². The molecule has 0 nitrogen and oxygen atoms in total. The molecule has 0 aromatic heterocycles. The number of benzene rings is 1. The first kappa shape index (κ1) is 10.1. The maximum absolute atomic E-state index is 3.48. The van der Waals surface area contributed by atoms with Gasteiger partial charge in [0.05, 0.1) is 0 Å². The van der Waals surface area contributed by atoms with Gasteiger partial charge in [0.25, 0.3) is 0 Å². The summed E-state index contributed by atoms with van der Waals surface area (Å²) >= 11 is 5.27. The molecule has 12 heavy (non-hydrogen) atoms. The topological polar surface area (TPSA) is 0 Å². The fraction of sp³-hybridized carbons (Fsp3) is 0.400. The van der Waals surface area contributed by atoms with Gasteiger partial charge in [-0.3, -0.25) is 0 Å². The maximum atomic E-state index is 3.48. The molecule has 0 aliphatic heterocycles. The average molecular weight is 245 g/mol. The van der Waals surface area contributed by atoms with Crippen LogP contribution in [0.2, 0.25) is 0 Å². The van der Waals surface area contributed by atoms with E-state index >= 15 is 0 Å². The Morgan fingerprint density at radius 2 is 1.92 bits per heavy atom. The predicted molar refractivity (Wildman–Crippen MR) is 60.4 cm³/mol. The Balaban J connectivity index is 2.77. The Kier molecular flexibility index (Phi) is 4.16. The van der Waals surface area contributed by atoms with Gasteiger partial charge in [0, 0.05) is 10.2 Å². The largest absolute Gasteiger partial charge is 0.130 e. The first-order chi connectivity index (χ1) is 5.77. The van der Waals surface area contributed by atoms with E-state index in [1.165, 1.54) is 10.5 Å². The molecule has 0 spiro atoms. The normalized spacial score (nSPS) is 12.9. The number of hydrogen-bond donors (Lipinski definition) is 0. The Labute approximate surface area is 86.9 Å². The molecular weight excluding hydrogens is 232 g/mol. The van der Waals surface area contributed by atoms with Crippen molar-refractivity contribution >= 4 is 27.7 Å². The van der Waals surface area contributed by atoms with Crippen molar-refractivity contribution in [2.24, 2.45) is 0 Å². The van der Waals surface area contributed by atoms with Crippen molar-refractivity contribution in [2.45, 2.75) is 17.7 Å². The van der Waals surface area contributed by atoms with Gasteiger partial charge < -0.3 is 0 Å². The number of halogens is 1. The van der Waals surface area contributed by atoms with Crippen LogP contribution in [0.3, 0.4) is 0 Å². The molecule has 2 heteroatoms. The van der Waals surface area contributed by atoms with Gasteiger partial charge in [-0.2, -0.15) is 0 Å². The monoisotopic (exact) mass is 244 g/mol. The van der Waals surface area contributed by atoms with Gasteiger partial charge in [-0.25, -0.2) is 0 Å². The molecule has 0 aliphatic carbocycles. The fourth-order valence-electron chi connectivity index (χ4n) is 1.02. The molecule has 0 amide bonds. The number of rotatable bonds is 3. The molecule has 1 aromatic rings. The van der Waals surface area contributed by atoms with Crippen molar-refractivity contribution in [1.29, 1.82) is 0 Å². The van der Waals surface area contributed by atoms with Crippen LogP contribution in [0, 0.1) is 0 Å². The highest BCUT2D eigenvalue weighted by Crippen LogP contribution is 2.21. The van der Waals surface area contributed by atoms with E-state index < -0.39 is 0 Å². The molecule has 1 unspecified atom stereocenters. The number of hydrogen-bond acceptors (Lipinski definition) is 1. The minimum Gasteiger partial charge on any atom is -0.130 e. The Morgan fingerprint density at radius 1 is 1.33 bits per heavy atom. The lowest BCUT2D eigenvalue weighted by atomic mass is 10.0. The fourth-order valence-corrected chi connectivity index (χ4v) is 1.80.